The second kappa shape index (κ2) is 8.16. The summed E-state index contributed by atoms with van der Waals surface area (Å²) in [6, 6.07) is 17.9. The van der Waals surface area contributed by atoms with Crippen LogP contribution in [-0.4, -0.2) is 32.7 Å². The van der Waals surface area contributed by atoms with Crippen molar-refractivity contribution >= 4 is 39.5 Å². The van der Waals surface area contributed by atoms with Crippen LogP contribution in [0.25, 0.3) is 21.9 Å². The summed E-state index contributed by atoms with van der Waals surface area (Å²) in [5.41, 5.74) is 2.20. The van der Waals surface area contributed by atoms with Crippen LogP contribution in [0.4, 0.5) is 5.69 Å². The number of furan rings is 1. The number of para-hydroxylation sites is 1. The van der Waals surface area contributed by atoms with E-state index >= 15 is 0 Å². The molecule has 1 N–H and O–H groups in total. The lowest BCUT2D eigenvalue weighted by atomic mass is 10.1. The molecule has 0 aliphatic carbocycles. The Morgan fingerprint density at radius 1 is 0.867 bits per heavy atom. The van der Waals surface area contributed by atoms with E-state index in [1.165, 1.54) is 14.2 Å². The molecular weight excluding hydrogens is 386 g/mol. The molecule has 152 valence electrons. The number of esters is 1. The fourth-order valence-electron chi connectivity index (χ4n) is 3.26. The molecule has 4 rings (SSSR count). The highest BCUT2D eigenvalue weighted by Crippen LogP contribution is 2.31. The molecule has 0 saturated heterocycles. The first-order valence-electron chi connectivity index (χ1n) is 9.20. The first-order valence-corrected chi connectivity index (χ1v) is 9.20. The molecule has 0 radical (unpaired) electrons. The van der Waals surface area contributed by atoms with Gasteiger partial charge in [-0.15, -0.1) is 0 Å². The molecule has 3 aromatic carbocycles. The second-order valence-electron chi connectivity index (χ2n) is 6.47. The Morgan fingerprint density at radius 3 is 2.30 bits per heavy atom. The maximum Gasteiger partial charge on any atom is 0.346 e. The van der Waals surface area contributed by atoms with Crippen LogP contribution in [0, 0.1) is 0 Å². The normalized spacial score (nSPS) is 10.7. The van der Waals surface area contributed by atoms with E-state index in [-0.39, 0.29) is 5.56 Å². The van der Waals surface area contributed by atoms with Crippen LogP contribution in [0.5, 0.6) is 11.5 Å². The maximum atomic E-state index is 12.5. The van der Waals surface area contributed by atoms with Crippen LogP contribution in [0.1, 0.15) is 10.4 Å². The van der Waals surface area contributed by atoms with Crippen molar-refractivity contribution in [3.8, 4) is 11.5 Å². The van der Waals surface area contributed by atoms with E-state index in [1.807, 2.05) is 30.3 Å². The Balaban J connectivity index is 1.47. The Kier molecular flexibility index (Phi) is 5.26. The lowest BCUT2D eigenvalue weighted by molar-refractivity contribution is -0.119. The van der Waals surface area contributed by atoms with E-state index in [0.717, 1.165) is 21.9 Å². The lowest BCUT2D eigenvalue weighted by Gasteiger charge is -2.12. The Bertz CT molecular complexity index is 1220. The molecule has 0 bridgehead atoms. The largest absolute Gasteiger partial charge is 0.496 e. The molecule has 0 unspecified atom stereocenters. The van der Waals surface area contributed by atoms with Gasteiger partial charge in [-0.1, -0.05) is 24.3 Å². The second-order valence-corrected chi connectivity index (χ2v) is 6.47. The van der Waals surface area contributed by atoms with E-state index < -0.39 is 18.5 Å². The van der Waals surface area contributed by atoms with Gasteiger partial charge in [0, 0.05) is 16.5 Å². The zero-order valence-corrected chi connectivity index (χ0v) is 16.4. The van der Waals surface area contributed by atoms with Crippen molar-refractivity contribution in [1.29, 1.82) is 0 Å². The summed E-state index contributed by atoms with van der Waals surface area (Å²) < 4.78 is 21.3. The molecule has 0 aliphatic heterocycles. The number of ether oxygens (including phenoxy) is 3. The SMILES string of the molecule is COc1cccc(OC)c1C(=O)OCC(=O)Nc1ccc2oc3ccccc3c2c1. The molecule has 30 heavy (non-hydrogen) atoms. The smallest absolute Gasteiger partial charge is 0.346 e. The number of methoxy groups -OCH3 is 2. The van der Waals surface area contributed by atoms with Gasteiger partial charge in [-0.25, -0.2) is 4.79 Å². The highest BCUT2D eigenvalue weighted by atomic mass is 16.5. The predicted molar refractivity (Wildman–Crippen MR) is 112 cm³/mol. The number of amides is 1. The van der Waals surface area contributed by atoms with Crippen LogP contribution >= 0.6 is 0 Å². The third-order valence-electron chi connectivity index (χ3n) is 4.63. The maximum absolute atomic E-state index is 12.5. The highest BCUT2D eigenvalue weighted by molar-refractivity contribution is 6.07. The zero-order chi connectivity index (χ0) is 21.1. The number of hydrogen-bond acceptors (Lipinski definition) is 6. The summed E-state index contributed by atoms with van der Waals surface area (Å²) in [5.74, 6) is -0.575. The number of nitrogens with one attached hydrogen (secondary N) is 1. The highest BCUT2D eigenvalue weighted by Gasteiger charge is 2.20. The van der Waals surface area contributed by atoms with Gasteiger partial charge < -0.3 is 23.9 Å². The summed E-state index contributed by atoms with van der Waals surface area (Å²) >= 11 is 0. The average molecular weight is 405 g/mol. The Hall–Kier alpha value is -4.00. The number of anilines is 1. The van der Waals surface area contributed by atoms with Crippen molar-refractivity contribution in [2.75, 3.05) is 26.1 Å². The predicted octanol–water partition coefficient (Wildman–Crippen LogP) is 4.40. The van der Waals surface area contributed by atoms with Crippen molar-refractivity contribution in [3.05, 3.63) is 66.2 Å². The molecule has 4 aromatic rings. The molecule has 1 heterocycles. The van der Waals surface area contributed by atoms with E-state index in [9.17, 15) is 9.59 Å². The van der Waals surface area contributed by atoms with Gasteiger partial charge in [0.15, 0.2) is 6.61 Å². The van der Waals surface area contributed by atoms with Gasteiger partial charge in [-0.05, 0) is 36.4 Å². The summed E-state index contributed by atoms with van der Waals surface area (Å²) in [5, 5.41) is 4.58. The fraction of sp³-hybridized carbons (Fsp3) is 0.130. The molecular formula is C23H19NO6. The number of hydrogen-bond donors (Lipinski definition) is 1. The van der Waals surface area contributed by atoms with E-state index in [2.05, 4.69) is 5.32 Å². The van der Waals surface area contributed by atoms with Gasteiger partial charge in [0.25, 0.3) is 5.91 Å². The van der Waals surface area contributed by atoms with Crippen LogP contribution in [-0.2, 0) is 9.53 Å². The van der Waals surface area contributed by atoms with Crippen LogP contribution < -0.4 is 14.8 Å². The quantitative estimate of drug-likeness (QED) is 0.479. The van der Waals surface area contributed by atoms with Gasteiger partial charge in [-0.3, -0.25) is 4.79 Å². The van der Waals surface area contributed by atoms with Crippen molar-refractivity contribution in [1.82, 2.24) is 0 Å². The number of rotatable bonds is 6. The van der Waals surface area contributed by atoms with Crippen LogP contribution in [0.3, 0.4) is 0 Å². The van der Waals surface area contributed by atoms with Gasteiger partial charge in [-0.2, -0.15) is 0 Å². The Labute approximate surface area is 172 Å². The molecule has 1 amide bonds. The summed E-state index contributed by atoms with van der Waals surface area (Å²) in [6.45, 7) is -0.454. The first-order chi connectivity index (χ1) is 14.6. The standard InChI is InChI=1S/C23H19NO6/c1-27-19-8-5-9-20(28-2)22(19)23(26)29-13-21(25)24-14-10-11-18-16(12-14)15-6-3-4-7-17(15)30-18/h3-12H,13H2,1-2H3,(H,24,25). The van der Waals surface area contributed by atoms with E-state index in [4.69, 9.17) is 18.6 Å². The van der Waals surface area contributed by atoms with E-state index in [0.29, 0.717) is 17.2 Å². The molecule has 0 aliphatic rings. The summed E-state index contributed by atoms with van der Waals surface area (Å²) in [4.78, 5) is 24.8. The number of fused-ring (bicyclic) bond motifs is 3. The van der Waals surface area contributed by atoms with Gasteiger partial charge in [0.05, 0.1) is 14.2 Å². The molecule has 0 saturated carbocycles. The summed E-state index contributed by atoms with van der Waals surface area (Å²) in [6.07, 6.45) is 0. The zero-order valence-electron chi connectivity index (χ0n) is 16.4. The number of carbonyl (C=O) groups is 2. The topological polar surface area (TPSA) is 87.0 Å². The molecule has 7 heteroatoms. The van der Waals surface area contributed by atoms with Crippen molar-refractivity contribution in [2.45, 2.75) is 0 Å². The Morgan fingerprint density at radius 2 is 1.57 bits per heavy atom. The number of benzene rings is 3. The van der Waals surface area contributed by atoms with Crippen molar-refractivity contribution in [2.24, 2.45) is 0 Å². The molecule has 1 aromatic heterocycles. The first kappa shape index (κ1) is 19.3. The minimum absolute atomic E-state index is 0.126. The monoisotopic (exact) mass is 405 g/mol. The fourth-order valence-corrected chi connectivity index (χ4v) is 3.26. The lowest BCUT2D eigenvalue weighted by Crippen LogP contribution is -2.21. The minimum Gasteiger partial charge on any atom is -0.496 e. The van der Waals surface area contributed by atoms with Crippen LogP contribution in [0.2, 0.25) is 0 Å². The van der Waals surface area contributed by atoms with E-state index in [1.54, 1.807) is 30.3 Å². The summed E-state index contributed by atoms with van der Waals surface area (Å²) in [7, 11) is 2.88. The minimum atomic E-state index is -0.712. The van der Waals surface area contributed by atoms with Crippen molar-refractivity contribution in [3.63, 3.8) is 0 Å². The third kappa shape index (κ3) is 3.65. The molecule has 0 atom stereocenters. The van der Waals surface area contributed by atoms with Crippen LogP contribution in [0.15, 0.2) is 65.1 Å². The van der Waals surface area contributed by atoms with Gasteiger partial charge in [0.2, 0.25) is 0 Å². The molecule has 7 nitrogen and oxygen atoms in total. The third-order valence-corrected chi connectivity index (χ3v) is 4.63. The molecule has 0 fully saturated rings. The van der Waals surface area contributed by atoms with Gasteiger partial charge >= 0.3 is 5.97 Å². The van der Waals surface area contributed by atoms with Gasteiger partial charge in [0.1, 0.15) is 28.2 Å². The number of carbonyl (C=O) groups excluding carboxylic acids is 2. The van der Waals surface area contributed by atoms with Crippen molar-refractivity contribution < 1.29 is 28.2 Å². The average Bonchev–Trinajstić information content (AvgIpc) is 3.14. The molecule has 0 spiro atoms.